The minimum absolute atomic E-state index is 0.0386. The van der Waals surface area contributed by atoms with Gasteiger partial charge in [0.05, 0.1) is 6.10 Å². The van der Waals surface area contributed by atoms with Gasteiger partial charge in [-0.3, -0.25) is 0 Å². The molecule has 0 aromatic carbocycles. The van der Waals surface area contributed by atoms with E-state index in [4.69, 9.17) is 14.2 Å². The van der Waals surface area contributed by atoms with Gasteiger partial charge >= 0.3 is 12.2 Å². The highest BCUT2D eigenvalue weighted by Gasteiger charge is 2.85. The molecule has 3 saturated heterocycles. The molecule has 1 N–H and O–H groups in total. The largest absolute Gasteiger partial charge is 0.446 e. The quantitative estimate of drug-likeness (QED) is 0.318. The van der Waals surface area contributed by atoms with Gasteiger partial charge in [0.1, 0.15) is 24.4 Å². The number of likely N-dealkylation sites (tertiary alicyclic amines) is 2. The number of carbonyl (C=O) groups is 2. The Balaban J connectivity index is 1.01. The molecule has 3 heterocycles. The van der Waals surface area contributed by atoms with Crippen LogP contribution in [0.2, 0.25) is 0 Å². The Kier molecular flexibility index (Phi) is 8.07. The molecule has 10 atom stereocenters. The van der Waals surface area contributed by atoms with E-state index < -0.39 is 29.6 Å². The van der Waals surface area contributed by atoms with Gasteiger partial charge in [-0.25, -0.2) is 18.4 Å². The van der Waals surface area contributed by atoms with Crippen LogP contribution in [0.25, 0.3) is 0 Å². The average molecular weight is 702 g/mol. The van der Waals surface area contributed by atoms with E-state index in [1.54, 1.807) is 4.90 Å². The molecular weight excluding hydrogens is 642 g/mol. The van der Waals surface area contributed by atoms with Crippen LogP contribution in [0.4, 0.5) is 18.4 Å². The Morgan fingerprint density at radius 3 is 2.26 bits per heavy atom. The molecule has 8 rings (SSSR count). The van der Waals surface area contributed by atoms with Gasteiger partial charge in [-0.2, -0.15) is 0 Å². The fourth-order valence-corrected chi connectivity index (χ4v) is 13.3. The van der Waals surface area contributed by atoms with E-state index in [0.717, 1.165) is 76.7 Å². The minimum atomic E-state index is -2.70. The standard InChI is InChI=1S/C40H59F2N2O6/c1-23(2)30(50-34(47)43-17-8-18-43)25-21-24(3)29-31(48-25)32(45)37(7)27-10-9-26-35(4,5)28(49-33(46)44-19-15-40(41,42)16-20-44)11-12-38(26)22-39(27,38)14-13-36(29,37)6/h23-24,26,28-30,32,45H,8-22H2,1-7H3/t24-,26+,28?,29+,30-,32+,36-,37-,38-,39+/m1/s1. The number of alkyl halides is 2. The molecule has 50 heavy (non-hydrogen) atoms. The molecule has 8 aliphatic rings. The van der Waals surface area contributed by atoms with Gasteiger partial charge in [0.2, 0.25) is 0 Å². The van der Waals surface area contributed by atoms with Crippen LogP contribution in [0.5, 0.6) is 0 Å². The van der Waals surface area contributed by atoms with Gasteiger partial charge < -0.3 is 29.1 Å². The average Bonchev–Trinajstić information content (AvgIpc) is 3.64. The number of ether oxygens (including phenoxy) is 3. The number of hydrogen-bond donors (Lipinski definition) is 1. The molecule has 2 amide bonds. The summed E-state index contributed by atoms with van der Waals surface area (Å²) >= 11 is 0. The number of carbonyl (C=O) groups excluding carboxylic acids is 2. The molecule has 0 bridgehead atoms. The number of aliphatic hydroxyl groups excluding tert-OH is 1. The SMILES string of the molecule is CC(C)[C@@H](OC(=O)N1CCC1)[C]1C[C@@H](C)[C@H]2[C](O1)[C@H](O)[C@@]1(C)[C]3CC[C@H]4C(C)(C)C(OC(=O)N5CCC(F)(F)CC5)CC[C@@]45C[C@@]35CC[C@]21C. The topological polar surface area (TPSA) is 88.5 Å². The monoisotopic (exact) mass is 701 g/mol. The van der Waals surface area contributed by atoms with Crippen LogP contribution in [0.1, 0.15) is 119 Å². The van der Waals surface area contributed by atoms with E-state index in [-0.39, 0.29) is 77.5 Å². The minimum Gasteiger partial charge on any atom is -0.446 e. The highest BCUT2D eigenvalue weighted by atomic mass is 19.3. The van der Waals surface area contributed by atoms with E-state index in [1.165, 1.54) is 10.8 Å². The number of nitrogens with zero attached hydrogens (tertiary/aromatic N) is 2. The molecule has 10 heteroatoms. The normalized spacial score (nSPS) is 45.7. The lowest BCUT2D eigenvalue weighted by molar-refractivity contribution is -0.131. The number of fused-ring (bicyclic) bond motifs is 4. The first kappa shape index (κ1) is 35.4. The van der Waals surface area contributed by atoms with Crippen molar-refractivity contribution in [3.05, 3.63) is 18.1 Å². The zero-order valence-corrected chi connectivity index (χ0v) is 31.3. The maximum absolute atomic E-state index is 13.8. The van der Waals surface area contributed by atoms with Crippen molar-refractivity contribution >= 4 is 12.2 Å². The maximum Gasteiger partial charge on any atom is 0.410 e. The van der Waals surface area contributed by atoms with Crippen LogP contribution in [-0.2, 0) is 14.2 Å². The predicted octanol–water partition coefficient (Wildman–Crippen LogP) is 8.19. The number of aliphatic hydroxyl groups is 1. The summed E-state index contributed by atoms with van der Waals surface area (Å²) in [5.74, 6) is -0.388. The van der Waals surface area contributed by atoms with Gasteiger partial charge in [-0.05, 0) is 97.7 Å². The first-order valence-electron chi connectivity index (χ1n) is 19.7. The third-order valence-corrected chi connectivity index (χ3v) is 16.2. The van der Waals surface area contributed by atoms with Crippen LogP contribution in [0, 0.1) is 68.9 Å². The third kappa shape index (κ3) is 4.70. The number of rotatable bonds is 4. The van der Waals surface area contributed by atoms with E-state index in [1.807, 2.05) is 0 Å². The van der Waals surface area contributed by atoms with E-state index in [2.05, 4.69) is 48.5 Å². The molecule has 8 nitrogen and oxygen atoms in total. The van der Waals surface area contributed by atoms with Gasteiger partial charge in [-0.1, -0.05) is 48.5 Å². The Labute approximate surface area is 297 Å². The summed E-state index contributed by atoms with van der Waals surface area (Å²) in [5.41, 5.74) is -0.650. The van der Waals surface area contributed by atoms with Crippen molar-refractivity contribution in [2.75, 3.05) is 26.2 Å². The molecule has 0 aromatic rings. The van der Waals surface area contributed by atoms with E-state index in [9.17, 15) is 23.5 Å². The Bertz CT molecular complexity index is 1380. The summed E-state index contributed by atoms with van der Waals surface area (Å²) in [7, 11) is 0. The zero-order valence-electron chi connectivity index (χ0n) is 31.3. The molecule has 5 saturated carbocycles. The Hall–Kier alpha value is -1.68. The molecular formula is C40H59F2N2O6. The zero-order chi connectivity index (χ0) is 35.8. The van der Waals surface area contributed by atoms with Crippen molar-refractivity contribution in [1.82, 2.24) is 9.80 Å². The summed E-state index contributed by atoms with van der Waals surface area (Å²) in [6, 6.07) is 0. The van der Waals surface area contributed by atoms with Crippen molar-refractivity contribution < 1.29 is 37.7 Å². The molecule has 1 unspecified atom stereocenters. The van der Waals surface area contributed by atoms with Crippen LogP contribution in [-0.4, -0.2) is 77.5 Å². The van der Waals surface area contributed by atoms with Crippen molar-refractivity contribution in [2.24, 2.45) is 50.7 Å². The Morgan fingerprint density at radius 2 is 1.62 bits per heavy atom. The number of amides is 2. The lowest BCUT2D eigenvalue weighted by atomic mass is 9.41. The summed E-state index contributed by atoms with van der Waals surface area (Å²) in [6.45, 7) is 17.2. The second-order valence-corrected chi connectivity index (χ2v) is 19.1. The van der Waals surface area contributed by atoms with E-state index >= 15 is 0 Å². The molecule has 8 fully saturated rings. The highest BCUT2D eigenvalue weighted by Crippen LogP contribution is 2.90. The number of hydrogen-bond acceptors (Lipinski definition) is 6. The van der Waals surface area contributed by atoms with Crippen LogP contribution in [0.15, 0.2) is 0 Å². The third-order valence-electron chi connectivity index (χ3n) is 16.2. The molecule has 279 valence electrons. The first-order chi connectivity index (χ1) is 23.4. The second kappa shape index (κ2) is 11.4. The summed E-state index contributed by atoms with van der Waals surface area (Å²) < 4.78 is 46.7. The van der Waals surface area contributed by atoms with E-state index in [0.29, 0.717) is 12.3 Å². The number of halogens is 2. The predicted molar refractivity (Wildman–Crippen MR) is 182 cm³/mol. The lowest BCUT2D eigenvalue weighted by Crippen LogP contribution is -2.59. The van der Waals surface area contributed by atoms with Gasteiger partial charge in [0.15, 0.2) is 0 Å². The van der Waals surface area contributed by atoms with Gasteiger partial charge in [0, 0.05) is 55.8 Å². The second-order valence-electron chi connectivity index (χ2n) is 19.1. The van der Waals surface area contributed by atoms with Crippen molar-refractivity contribution in [3.63, 3.8) is 0 Å². The fourth-order valence-electron chi connectivity index (χ4n) is 13.3. The number of piperidine rings is 1. The summed E-state index contributed by atoms with van der Waals surface area (Å²) in [5, 5.41) is 12.6. The van der Waals surface area contributed by atoms with Crippen LogP contribution in [0.3, 0.4) is 0 Å². The van der Waals surface area contributed by atoms with Crippen molar-refractivity contribution in [2.45, 2.75) is 143 Å². The fraction of sp³-hybridized carbons (Fsp3) is 0.875. The van der Waals surface area contributed by atoms with Crippen molar-refractivity contribution in [3.8, 4) is 0 Å². The van der Waals surface area contributed by atoms with Crippen molar-refractivity contribution in [1.29, 1.82) is 0 Å². The maximum atomic E-state index is 13.8. The van der Waals surface area contributed by atoms with Gasteiger partial charge in [0.25, 0.3) is 5.92 Å². The molecule has 5 aliphatic carbocycles. The highest BCUT2D eigenvalue weighted by molar-refractivity contribution is 5.69. The molecule has 0 aromatic heterocycles. The molecule has 2 spiro atoms. The van der Waals surface area contributed by atoms with Crippen LogP contribution >= 0.6 is 0 Å². The lowest BCUT2D eigenvalue weighted by Gasteiger charge is -2.63. The first-order valence-corrected chi connectivity index (χ1v) is 19.7. The molecule has 3 aliphatic heterocycles. The Morgan fingerprint density at radius 1 is 0.940 bits per heavy atom. The molecule has 3 radical (unpaired) electrons. The smallest absolute Gasteiger partial charge is 0.410 e. The summed E-state index contributed by atoms with van der Waals surface area (Å²) in [6.07, 6.45) is 7.42. The van der Waals surface area contributed by atoms with Gasteiger partial charge in [-0.15, -0.1) is 0 Å². The van der Waals surface area contributed by atoms with Crippen LogP contribution < -0.4 is 0 Å². The summed E-state index contributed by atoms with van der Waals surface area (Å²) in [4.78, 5) is 29.3.